The van der Waals surface area contributed by atoms with Crippen molar-refractivity contribution in [1.82, 2.24) is 25.5 Å². The number of rotatable bonds is 4. The number of carbonyl (C=O) groups is 1. The van der Waals surface area contributed by atoms with E-state index in [-0.39, 0.29) is 5.91 Å². The van der Waals surface area contributed by atoms with Gasteiger partial charge in [-0.15, -0.1) is 10.2 Å². The Morgan fingerprint density at radius 1 is 1.33 bits per heavy atom. The van der Waals surface area contributed by atoms with Gasteiger partial charge in [-0.1, -0.05) is 12.1 Å². The van der Waals surface area contributed by atoms with E-state index in [1.54, 1.807) is 17.0 Å². The molecule has 0 bridgehead atoms. The molecule has 0 spiro atoms. The Balaban J connectivity index is 2.30. The molecular weight excluding hydrogens is 230 g/mol. The van der Waals surface area contributed by atoms with Crippen molar-refractivity contribution >= 4 is 5.91 Å². The lowest BCUT2D eigenvalue weighted by molar-refractivity contribution is 0.0773. The molecule has 1 aromatic heterocycles. The molecule has 0 unspecified atom stereocenters. The molecule has 18 heavy (non-hydrogen) atoms. The van der Waals surface area contributed by atoms with Gasteiger partial charge >= 0.3 is 0 Å². The standard InChI is InChI=1S/C12H15N5O/c1-3-17(4-2)12(18)10-7-5-6-9(8-10)11-13-15-16-14-11/h5-8H,3-4H2,1-2H3,(H,13,14,15,16). The lowest BCUT2D eigenvalue weighted by Gasteiger charge is -2.18. The van der Waals surface area contributed by atoms with Crippen LogP contribution in [-0.2, 0) is 0 Å². The molecule has 1 heterocycles. The molecule has 6 heteroatoms. The summed E-state index contributed by atoms with van der Waals surface area (Å²) in [5.41, 5.74) is 1.42. The highest BCUT2D eigenvalue weighted by molar-refractivity contribution is 5.95. The maximum absolute atomic E-state index is 12.2. The highest BCUT2D eigenvalue weighted by Gasteiger charge is 2.13. The predicted molar refractivity (Wildman–Crippen MR) is 66.9 cm³/mol. The first kappa shape index (κ1) is 12.2. The highest BCUT2D eigenvalue weighted by Crippen LogP contribution is 2.16. The van der Waals surface area contributed by atoms with E-state index in [2.05, 4.69) is 20.6 Å². The second-order valence-corrected chi connectivity index (χ2v) is 3.79. The van der Waals surface area contributed by atoms with Gasteiger partial charge in [0.05, 0.1) is 0 Å². The summed E-state index contributed by atoms with van der Waals surface area (Å²) in [6, 6.07) is 7.25. The molecule has 0 fully saturated rings. The summed E-state index contributed by atoms with van der Waals surface area (Å²) in [5, 5.41) is 13.7. The number of benzene rings is 1. The van der Waals surface area contributed by atoms with Crippen molar-refractivity contribution in [3.05, 3.63) is 29.8 Å². The van der Waals surface area contributed by atoms with Crippen LogP contribution < -0.4 is 0 Å². The summed E-state index contributed by atoms with van der Waals surface area (Å²) in [4.78, 5) is 14.0. The first-order valence-corrected chi connectivity index (χ1v) is 5.89. The van der Waals surface area contributed by atoms with Crippen molar-refractivity contribution in [3.8, 4) is 11.4 Å². The third kappa shape index (κ3) is 2.37. The molecule has 0 atom stereocenters. The number of amides is 1. The quantitative estimate of drug-likeness (QED) is 0.882. The topological polar surface area (TPSA) is 74.8 Å². The summed E-state index contributed by atoms with van der Waals surface area (Å²) in [6.07, 6.45) is 0. The van der Waals surface area contributed by atoms with Gasteiger partial charge in [-0.3, -0.25) is 4.79 Å². The Bertz CT molecular complexity index is 519. The van der Waals surface area contributed by atoms with E-state index in [0.29, 0.717) is 24.5 Å². The summed E-state index contributed by atoms with van der Waals surface area (Å²) in [6.45, 7) is 5.32. The molecule has 0 aliphatic rings. The fourth-order valence-electron chi connectivity index (χ4n) is 1.77. The molecule has 0 saturated heterocycles. The minimum absolute atomic E-state index is 0.0188. The number of nitrogens with zero attached hydrogens (tertiary/aromatic N) is 4. The van der Waals surface area contributed by atoms with Crippen molar-refractivity contribution in [3.63, 3.8) is 0 Å². The third-order valence-corrected chi connectivity index (χ3v) is 2.76. The second-order valence-electron chi connectivity index (χ2n) is 3.79. The van der Waals surface area contributed by atoms with Crippen molar-refractivity contribution in [1.29, 1.82) is 0 Å². The van der Waals surface area contributed by atoms with Crippen LogP contribution >= 0.6 is 0 Å². The van der Waals surface area contributed by atoms with Crippen LogP contribution in [0.5, 0.6) is 0 Å². The van der Waals surface area contributed by atoms with Gasteiger partial charge in [0.25, 0.3) is 5.91 Å². The van der Waals surface area contributed by atoms with Crippen LogP contribution in [0.15, 0.2) is 24.3 Å². The van der Waals surface area contributed by atoms with Gasteiger partial charge in [-0.05, 0) is 31.2 Å². The fraction of sp³-hybridized carbons (Fsp3) is 0.333. The number of H-pyrrole nitrogens is 1. The number of nitrogens with one attached hydrogen (secondary N) is 1. The minimum atomic E-state index is 0.0188. The van der Waals surface area contributed by atoms with Gasteiger partial charge in [-0.25, -0.2) is 0 Å². The van der Waals surface area contributed by atoms with E-state index in [1.807, 2.05) is 26.0 Å². The number of tetrazole rings is 1. The van der Waals surface area contributed by atoms with Crippen molar-refractivity contribution in [2.45, 2.75) is 13.8 Å². The first-order chi connectivity index (χ1) is 8.76. The number of aromatic nitrogens is 4. The predicted octanol–water partition coefficient (Wildman–Crippen LogP) is 1.35. The summed E-state index contributed by atoms with van der Waals surface area (Å²) < 4.78 is 0. The molecule has 94 valence electrons. The van der Waals surface area contributed by atoms with Crippen molar-refractivity contribution in [2.24, 2.45) is 0 Å². The average molecular weight is 245 g/mol. The zero-order chi connectivity index (χ0) is 13.0. The Labute approximate surface area is 105 Å². The third-order valence-electron chi connectivity index (χ3n) is 2.76. The van der Waals surface area contributed by atoms with Crippen LogP contribution in [0, 0.1) is 0 Å². The van der Waals surface area contributed by atoms with Gasteiger partial charge in [-0.2, -0.15) is 5.21 Å². The molecule has 0 radical (unpaired) electrons. The molecule has 1 amide bonds. The molecule has 0 aliphatic heterocycles. The largest absolute Gasteiger partial charge is 0.339 e. The van der Waals surface area contributed by atoms with E-state index in [4.69, 9.17) is 0 Å². The van der Waals surface area contributed by atoms with Gasteiger partial charge in [0.15, 0.2) is 0 Å². The summed E-state index contributed by atoms with van der Waals surface area (Å²) in [5.74, 6) is 0.509. The van der Waals surface area contributed by atoms with E-state index in [1.165, 1.54) is 0 Å². The smallest absolute Gasteiger partial charge is 0.253 e. The maximum atomic E-state index is 12.2. The normalized spacial score (nSPS) is 10.3. The van der Waals surface area contributed by atoms with Crippen LogP contribution in [0.1, 0.15) is 24.2 Å². The average Bonchev–Trinajstić information content (AvgIpc) is 2.94. The minimum Gasteiger partial charge on any atom is -0.339 e. The van der Waals surface area contributed by atoms with E-state index in [0.717, 1.165) is 5.56 Å². The Kier molecular flexibility index (Phi) is 3.66. The lowest BCUT2D eigenvalue weighted by Crippen LogP contribution is -2.30. The van der Waals surface area contributed by atoms with E-state index < -0.39 is 0 Å². The first-order valence-electron chi connectivity index (χ1n) is 5.89. The van der Waals surface area contributed by atoms with Crippen molar-refractivity contribution in [2.75, 3.05) is 13.1 Å². The lowest BCUT2D eigenvalue weighted by atomic mass is 10.1. The highest BCUT2D eigenvalue weighted by atomic mass is 16.2. The van der Waals surface area contributed by atoms with Gasteiger partial charge in [0.1, 0.15) is 0 Å². The molecule has 1 aromatic carbocycles. The van der Waals surface area contributed by atoms with Crippen LogP contribution in [0.2, 0.25) is 0 Å². The molecular formula is C12H15N5O. The van der Waals surface area contributed by atoms with E-state index >= 15 is 0 Å². The van der Waals surface area contributed by atoms with Crippen LogP contribution in [0.4, 0.5) is 0 Å². The second kappa shape index (κ2) is 5.39. The number of hydrogen-bond acceptors (Lipinski definition) is 4. The Morgan fingerprint density at radius 2 is 2.11 bits per heavy atom. The monoisotopic (exact) mass is 245 g/mol. The SMILES string of the molecule is CCN(CC)C(=O)c1cccc(-c2nn[nH]n2)c1. The van der Waals surface area contributed by atoms with Crippen LogP contribution in [0.3, 0.4) is 0 Å². The van der Waals surface area contributed by atoms with E-state index in [9.17, 15) is 4.79 Å². The maximum Gasteiger partial charge on any atom is 0.253 e. The molecule has 0 saturated carbocycles. The summed E-state index contributed by atoms with van der Waals surface area (Å²) >= 11 is 0. The number of hydrogen-bond donors (Lipinski definition) is 1. The zero-order valence-electron chi connectivity index (χ0n) is 10.4. The van der Waals surface area contributed by atoms with Crippen molar-refractivity contribution < 1.29 is 4.79 Å². The molecule has 2 aromatic rings. The van der Waals surface area contributed by atoms with Gasteiger partial charge in [0.2, 0.25) is 5.82 Å². The number of carbonyl (C=O) groups excluding carboxylic acids is 1. The zero-order valence-corrected chi connectivity index (χ0v) is 10.4. The molecule has 6 nitrogen and oxygen atoms in total. The Hall–Kier alpha value is -2.24. The molecule has 2 rings (SSSR count). The summed E-state index contributed by atoms with van der Waals surface area (Å²) in [7, 11) is 0. The van der Waals surface area contributed by atoms with Crippen LogP contribution in [0.25, 0.3) is 11.4 Å². The Morgan fingerprint density at radius 3 is 2.72 bits per heavy atom. The van der Waals surface area contributed by atoms with Gasteiger partial charge < -0.3 is 4.90 Å². The number of aromatic amines is 1. The van der Waals surface area contributed by atoms with Crippen LogP contribution in [-0.4, -0.2) is 44.5 Å². The molecule has 1 N–H and O–H groups in total. The van der Waals surface area contributed by atoms with Gasteiger partial charge in [0, 0.05) is 24.2 Å². The molecule has 0 aliphatic carbocycles. The fourth-order valence-corrected chi connectivity index (χ4v) is 1.77.